The Bertz CT molecular complexity index is 945. The smallest absolute Gasteiger partial charge is 0.258 e. The molecule has 0 aliphatic heterocycles. The van der Waals surface area contributed by atoms with Crippen molar-refractivity contribution in [3.05, 3.63) is 80.9 Å². The van der Waals surface area contributed by atoms with Crippen molar-refractivity contribution in [3.8, 4) is 0 Å². The van der Waals surface area contributed by atoms with Crippen molar-refractivity contribution in [2.45, 2.75) is 6.92 Å². The maximum atomic E-state index is 12.2. The number of rotatable bonds is 2. The predicted octanol–water partition coefficient (Wildman–Crippen LogP) is 4.39. The lowest BCUT2D eigenvalue weighted by Gasteiger charge is -2.06. The minimum absolute atomic E-state index is 0.157. The second-order valence-electron chi connectivity index (χ2n) is 4.89. The summed E-state index contributed by atoms with van der Waals surface area (Å²) in [6.07, 6.45) is 1.74. The average molecular weight is 331 g/mol. The van der Waals surface area contributed by atoms with Crippen LogP contribution >= 0.6 is 23.2 Å². The Kier molecular flexibility index (Phi) is 4.01. The summed E-state index contributed by atoms with van der Waals surface area (Å²) in [5.41, 5.74) is 2.54. The van der Waals surface area contributed by atoms with E-state index in [1.54, 1.807) is 28.7 Å². The van der Waals surface area contributed by atoms with Crippen LogP contribution in [0.5, 0.6) is 0 Å². The van der Waals surface area contributed by atoms with Gasteiger partial charge in [-0.25, -0.2) is 4.98 Å². The molecule has 2 aromatic heterocycles. The van der Waals surface area contributed by atoms with Crippen LogP contribution in [0.2, 0.25) is 5.02 Å². The van der Waals surface area contributed by atoms with Crippen LogP contribution in [0.25, 0.3) is 16.8 Å². The van der Waals surface area contributed by atoms with Gasteiger partial charge in [-0.3, -0.25) is 9.20 Å². The molecule has 0 atom stereocenters. The fraction of sp³-hybridized carbons (Fsp3) is 0.0588. The zero-order valence-corrected chi connectivity index (χ0v) is 13.3. The van der Waals surface area contributed by atoms with Crippen LogP contribution in [-0.4, -0.2) is 9.38 Å². The van der Waals surface area contributed by atoms with Crippen LogP contribution in [-0.2, 0) is 0 Å². The first-order chi connectivity index (χ1) is 10.5. The van der Waals surface area contributed by atoms with Crippen molar-refractivity contribution < 1.29 is 0 Å². The van der Waals surface area contributed by atoms with Gasteiger partial charge in [-0.05, 0) is 42.8 Å². The van der Waals surface area contributed by atoms with Crippen molar-refractivity contribution in [2.75, 3.05) is 0 Å². The lowest BCUT2D eigenvalue weighted by Crippen LogP contribution is -2.16. The van der Waals surface area contributed by atoms with Crippen LogP contribution in [0, 0.1) is 6.92 Å². The highest BCUT2D eigenvalue weighted by molar-refractivity contribution is 6.51. The molecule has 5 heteroatoms. The summed E-state index contributed by atoms with van der Waals surface area (Å²) in [6.45, 7) is 1.86. The van der Waals surface area contributed by atoms with Crippen molar-refractivity contribution in [2.24, 2.45) is 0 Å². The molecule has 0 saturated carbocycles. The Morgan fingerprint density at radius 2 is 1.95 bits per heavy atom. The van der Waals surface area contributed by atoms with Crippen LogP contribution in [0.15, 0.2) is 53.3 Å². The highest BCUT2D eigenvalue weighted by Crippen LogP contribution is 2.21. The first kappa shape index (κ1) is 14.8. The van der Waals surface area contributed by atoms with Crippen LogP contribution in [0.4, 0.5) is 0 Å². The minimum atomic E-state index is -0.157. The molecular weight excluding hydrogens is 319 g/mol. The Balaban J connectivity index is 2.12. The monoisotopic (exact) mass is 330 g/mol. The van der Waals surface area contributed by atoms with Gasteiger partial charge in [-0.15, -0.1) is 0 Å². The molecule has 0 N–H and O–H groups in total. The largest absolute Gasteiger partial charge is 0.269 e. The van der Waals surface area contributed by atoms with Gasteiger partial charge in [0.05, 0.1) is 10.7 Å². The van der Waals surface area contributed by atoms with Gasteiger partial charge < -0.3 is 0 Å². The molecule has 0 bridgehead atoms. The Hall–Kier alpha value is -2.10. The van der Waals surface area contributed by atoms with E-state index in [2.05, 4.69) is 4.98 Å². The summed E-state index contributed by atoms with van der Waals surface area (Å²) in [4.78, 5) is 16.7. The van der Waals surface area contributed by atoms with Crippen molar-refractivity contribution in [3.63, 3.8) is 0 Å². The zero-order chi connectivity index (χ0) is 15.7. The van der Waals surface area contributed by atoms with E-state index in [0.717, 1.165) is 11.3 Å². The molecular formula is C17H12Cl2N2O. The third-order valence-corrected chi connectivity index (χ3v) is 3.80. The molecule has 22 heavy (non-hydrogen) atoms. The van der Waals surface area contributed by atoms with Crippen LogP contribution in [0.3, 0.4) is 0 Å². The number of halogens is 2. The summed E-state index contributed by atoms with van der Waals surface area (Å²) < 4.78 is 1.55. The van der Waals surface area contributed by atoms with E-state index in [1.165, 1.54) is 6.07 Å². The minimum Gasteiger partial charge on any atom is -0.269 e. The van der Waals surface area contributed by atoms with Gasteiger partial charge in [0.15, 0.2) is 0 Å². The Labute approximate surface area is 137 Å². The molecule has 0 aliphatic carbocycles. The number of fused-ring (bicyclic) bond motifs is 1. The molecule has 0 spiro atoms. The average Bonchev–Trinajstić information content (AvgIpc) is 2.47. The molecule has 0 aliphatic rings. The molecule has 1 aromatic carbocycles. The first-order valence-electron chi connectivity index (χ1n) is 6.67. The van der Waals surface area contributed by atoms with Crippen molar-refractivity contribution >= 4 is 40.0 Å². The van der Waals surface area contributed by atoms with E-state index in [1.807, 2.05) is 31.2 Å². The number of aromatic nitrogens is 2. The topological polar surface area (TPSA) is 34.4 Å². The van der Waals surface area contributed by atoms with E-state index in [9.17, 15) is 4.79 Å². The van der Waals surface area contributed by atoms with Gasteiger partial charge in [0.2, 0.25) is 0 Å². The normalized spacial score (nSPS) is 11.9. The number of nitrogens with zero attached hydrogens (tertiary/aromatic N) is 2. The van der Waals surface area contributed by atoms with Gasteiger partial charge in [-0.1, -0.05) is 41.4 Å². The van der Waals surface area contributed by atoms with E-state index in [0.29, 0.717) is 21.4 Å². The molecule has 0 saturated heterocycles. The van der Waals surface area contributed by atoms with E-state index in [-0.39, 0.29) is 5.56 Å². The fourth-order valence-electron chi connectivity index (χ4n) is 2.25. The summed E-state index contributed by atoms with van der Waals surface area (Å²) in [5, 5.41) is 1.02. The number of aryl methyl sites for hydroxylation is 1. The summed E-state index contributed by atoms with van der Waals surface area (Å²) in [5.74, 6) is 0. The third-order valence-electron chi connectivity index (χ3n) is 3.27. The molecule has 0 unspecified atom stereocenters. The summed E-state index contributed by atoms with van der Waals surface area (Å²) in [6, 6.07) is 14.2. The maximum absolute atomic E-state index is 12.2. The maximum Gasteiger partial charge on any atom is 0.258 e. The predicted molar refractivity (Wildman–Crippen MR) is 91.4 cm³/mol. The van der Waals surface area contributed by atoms with Crippen molar-refractivity contribution in [1.82, 2.24) is 9.38 Å². The van der Waals surface area contributed by atoms with E-state index in [4.69, 9.17) is 23.2 Å². The fourth-order valence-corrected chi connectivity index (χ4v) is 2.67. The van der Waals surface area contributed by atoms with Gasteiger partial charge in [0.1, 0.15) is 5.65 Å². The number of hydrogen-bond acceptors (Lipinski definition) is 2. The number of benzene rings is 1. The van der Waals surface area contributed by atoms with Gasteiger partial charge in [-0.2, -0.15) is 0 Å². The third kappa shape index (κ3) is 2.91. The zero-order valence-electron chi connectivity index (χ0n) is 11.8. The molecule has 0 amide bonds. The Morgan fingerprint density at radius 1 is 1.18 bits per heavy atom. The summed E-state index contributed by atoms with van der Waals surface area (Å²) in [7, 11) is 0. The standard InChI is InChI=1S/C17H12Cl2N2O/c1-11-4-2-7-16-20-15(10-17(22)21(11)16)14(19)9-12-5-3-6-13(18)8-12/h2-10H,1H3/b14-9-. The van der Waals surface area contributed by atoms with Crippen LogP contribution in [0.1, 0.15) is 17.0 Å². The second-order valence-corrected chi connectivity index (χ2v) is 5.73. The van der Waals surface area contributed by atoms with Gasteiger partial charge in [0, 0.05) is 16.8 Å². The second kappa shape index (κ2) is 5.95. The lowest BCUT2D eigenvalue weighted by molar-refractivity contribution is 0.986. The first-order valence-corrected chi connectivity index (χ1v) is 7.43. The summed E-state index contributed by atoms with van der Waals surface area (Å²) >= 11 is 12.3. The highest BCUT2D eigenvalue weighted by atomic mass is 35.5. The van der Waals surface area contributed by atoms with Crippen molar-refractivity contribution in [1.29, 1.82) is 0 Å². The highest BCUT2D eigenvalue weighted by Gasteiger charge is 2.07. The van der Waals surface area contributed by atoms with Crippen LogP contribution < -0.4 is 5.56 Å². The van der Waals surface area contributed by atoms with E-state index < -0.39 is 0 Å². The SMILES string of the molecule is Cc1cccc2nc(/C(Cl)=C/c3cccc(Cl)c3)cc(=O)n12. The molecule has 110 valence electrons. The molecule has 3 rings (SSSR count). The van der Waals surface area contributed by atoms with Gasteiger partial charge >= 0.3 is 0 Å². The molecule has 0 fully saturated rings. The molecule has 2 heterocycles. The molecule has 3 nitrogen and oxygen atoms in total. The Morgan fingerprint density at radius 3 is 2.73 bits per heavy atom. The van der Waals surface area contributed by atoms with E-state index >= 15 is 0 Å². The number of pyridine rings is 1. The number of hydrogen-bond donors (Lipinski definition) is 0. The van der Waals surface area contributed by atoms with Gasteiger partial charge in [0.25, 0.3) is 5.56 Å². The quantitative estimate of drug-likeness (QED) is 0.698. The lowest BCUT2D eigenvalue weighted by atomic mass is 10.2. The molecule has 3 aromatic rings. The molecule has 0 radical (unpaired) electrons.